The maximum atomic E-state index is 5.94. The van der Waals surface area contributed by atoms with E-state index in [1.54, 1.807) is 0 Å². The Bertz CT molecular complexity index is 265. The Morgan fingerprint density at radius 1 is 0.900 bits per heavy atom. The van der Waals surface area contributed by atoms with Crippen LogP contribution in [-0.4, -0.2) is 25.3 Å². The van der Waals surface area contributed by atoms with Gasteiger partial charge in [-0.05, 0) is 49.9 Å². The largest absolute Gasteiger partial charge is 0.377 e. The third-order valence-corrected chi connectivity index (χ3v) is 5.38. The Labute approximate surface area is 126 Å². The minimum absolute atomic E-state index is 0.487. The van der Waals surface area contributed by atoms with Gasteiger partial charge in [0, 0.05) is 12.6 Å². The van der Waals surface area contributed by atoms with Gasteiger partial charge in [0.1, 0.15) is 0 Å². The van der Waals surface area contributed by atoms with Crippen molar-refractivity contribution < 1.29 is 4.74 Å². The summed E-state index contributed by atoms with van der Waals surface area (Å²) in [6.45, 7) is 9.16. The quantitative estimate of drug-likeness (QED) is 0.590. The second-order valence-corrected chi connectivity index (χ2v) is 8.00. The summed E-state index contributed by atoms with van der Waals surface area (Å²) in [5.74, 6) is 0.907. The Balaban J connectivity index is 1.59. The number of ether oxygens (including phenoxy) is 1. The van der Waals surface area contributed by atoms with Gasteiger partial charge in [0.25, 0.3) is 0 Å². The number of rotatable bonds is 5. The predicted molar refractivity (Wildman–Crippen MR) is 86.0 cm³/mol. The molecule has 0 aromatic carbocycles. The van der Waals surface area contributed by atoms with Gasteiger partial charge < -0.3 is 10.1 Å². The SMILES string of the molecule is CC(C)(C)C1CCCC(NCCOC2CCCC2)CC1. The number of hydrogen-bond acceptors (Lipinski definition) is 2. The summed E-state index contributed by atoms with van der Waals surface area (Å²) in [5.41, 5.74) is 0.487. The van der Waals surface area contributed by atoms with Gasteiger partial charge in [-0.25, -0.2) is 0 Å². The van der Waals surface area contributed by atoms with Crippen LogP contribution in [0.3, 0.4) is 0 Å². The summed E-state index contributed by atoms with van der Waals surface area (Å²) in [5, 5.41) is 3.73. The van der Waals surface area contributed by atoms with Crippen molar-refractivity contribution in [2.45, 2.75) is 90.7 Å². The molecule has 2 aliphatic carbocycles. The summed E-state index contributed by atoms with van der Waals surface area (Å²) in [6.07, 6.45) is 12.8. The standard InChI is InChI=1S/C18H35NO/c1-18(2,3)15-7-6-8-16(12-11-15)19-13-14-20-17-9-4-5-10-17/h15-17,19H,4-14H2,1-3H3. The zero-order valence-corrected chi connectivity index (χ0v) is 13.9. The van der Waals surface area contributed by atoms with Crippen molar-refractivity contribution >= 4 is 0 Å². The molecule has 2 aliphatic rings. The molecule has 118 valence electrons. The van der Waals surface area contributed by atoms with E-state index in [1.807, 2.05) is 0 Å². The average Bonchev–Trinajstić information content (AvgIpc) is 2.77. The van der Waals surface area contributed by atoms with Crippen molar-refractivity contribution in [1.29, 1.82) is 0 Å². The average molecular weight is 281 g/mol. The lowest BCUT2D eigenvalue weighted by Crippen LogP contribution is -2.32. The van der Waals surface area contributed by atoms with Gasteiger partial charge in [-0.2, -0.15) is 0 Å². The Morgan fingerprint density at radius 2 is 1.65 bits per heavy atom. The summed E-state index contributed by atoms with van der Waals surface area (Å²) >= 11 is 0. The molecule has 2 heteroatoms. The molecule has 2 nitrogen and oxygen atoms in total. The highest BCUT2D eigenvalue weighted by Crippen LogP contribution is 2.36. The van der Waals surface area contributed by atoms with Crippen molar-refractivity contribution in [1.82, 2.24) is 5.32 Å². The highest BCUT2D eigenvalue weighted by molar-refractivity contribution is 4.81. The van der Waals surface area contributed by atoms with E-state index in [4.69, 9.17) is 4.74 Å². The first kappa shape index (κ1) is 16.3. The normalized spacial score (nSPS) is 29.6. The van der Waals surface area contributed by atoms with Gasteiger partial charge in [-0.3, -0.25) is 0 Å². The van der Waals surface area contributed by atoms with Crippen molar-refractivity contribution in [3.8, 4) is 0 Å². The zero-order chi connectivity index (χ0) is 14.4. The van der Waals surface area contributed by atoms with Crippen molar-refractivity contribution in [3.63, 3.8) is 0 Å². The molecule has 2 fully saturated rings. The molecule has 1 N–H and O–H groups in total. The summed E-state index contributed by atoms with van der Waals surface area (Å²) in [4.78, 5) is 0. The fraction of sp³-hybridized carbons (Fsp3) is 1.00. The van der Waals surface area contributed by atoms with Crippen LogP contribution in [0.1, 0.15) is 78.6 Å². The van der Waals surface area contributed by atoms with Gasteiger partial charge in [0.15, 0.2) is 0 Å². The lowest BCUT2D eigenvalue weighted by Gasteiger charge is -2.29. The Morgan fingerprint density at radius 3 is 2.35 bits per heavy atom. The molecule has 2 saturated carbocycles. The van der Waals surface area contributed by atoms with Crippen LogP contribution in [0, 0.1) is 11.3 Å². The van der Waals surface area contributed by atoms with Crippen LogP contribution >= 0.6 is 0 Å². The van der Waals surface area contributed by atoms with Gasteiger partial charge in [0.05, 0.1) is 12.7 Å². The molecule has 0 heterocycles. The van der Waals surface area contributed by atoms with Crippen LogP contribution in [0.15, 0.2) is 0 Å². The fourth-order valence-corrected chi connectivity index (χ4v) is 3.92. The molecule has 0 amide bonds. The second-order valence-electron chi connectivity index (χ2n) is 8.00. The van der Waals surface area contributed by atoms with E-state index < -0.39 is 0 Å². The molecule has 2 unspecified atom stereocenters. The molecule has 2 atom stereocenters. The third kappa shape index (κ3) is 5.37. The minimum atomic E-state index is 0.487. The molecule has 2 rings (SSSR count). The molecule has 20 heavy (non-hydrogen) atoms. The van der Waals surface area contributed by atoms with E-state index in [-0.39, 0.29) is 0 Å². The first-order valence-corrected chi connectivity index (χ1v) is 8.90. The highest BCUT2D eigenvalue weighted by Gasteiger charge is 2.27. The molecule has 0 radical (unpaired) electrons. The molecule has 0 spiro atoms. The van der Waals surface area contributed by atoms with E-state index in [0.29, 0.717) is 11.5 Å². The van der Waals surface area contributed by atoms with E-state index in [9.17, 15) is 0 Å². The van der Waals surface area contributed by atoms with E-state index in [2.05, 4.69) is 26.1 Å². The van der Waals surface area contributed by atoms with E-state index in [1.165, 1.54) is 57.8 Å². The van der Waals surface area contributed by atoms with Crippen LogP contribution in [0.5, 0.6) is 0 Å². The monoisotopic (exact) mass is 281 g/mol. The van der Waals surface area contributed by atoms with Crippen molar-refractivity contribution in [3.05, 3.63) is 0 Å². The molecular weight excluding hydrogens is 246 g/mol. The van der Waals surface area contributed by atoms with E-state index in [0.717, 1.165) is 25.1 Å². The van der Waals surface area contributed by atoms with Gasteiger partial charge >= 0.3 is 0 Å². The van der Waals surface area contributed by atoms with Crippen molar-refractivity contribution in [2.75, 3.05) is 13.2 Å². The lowest BCUT2D eigenvalue weighted by molar-refractivity contribution is 0.0588. The van der Waals surface area contributed by atoms with Crippen LogP contribution in [0.4, 0.5) is 0 Å². The molecule has 0 saturated heterocycles. The van der Waals surface area contributed by atoms with Gasteiger partial charge in [-0.15, -0.1) is 0 Å². The minimum Gasteiger partial charge on any atom is -0.377 e. The first-order chi connectivity index (χ1) is 9.55. The number of hydrogen-bond donors (Lipinski definition) is 1. The lowest BCUT2D eigenvalue weighted by atomic mass is 9.76. The third-order valence-electron chi connectivity index (χ3n) is 5.38. The molecule has 0 aromatic rings. The molecule has 0 aliphatic heterocycles. The Kier molecular flexibility index (Phi) is 6.35. The Hall–Kier alpha value is -0.0800. The molecular formula is C18H35NO. The summed E-state index contributed by atoms with van der Waals surface area (Å²) < 4.78 is 5.94. The van der Waals surface area contributed by atoms with Crippen LogP contribution in [-0.2, 0) is 4.74 Å². The fourth-order valence-electron chi connectivity index (χ4n) is 3.92. The topological polar surface area (TPSA) is 21.3 Å². The maximum Gasteiger partial charge on any atom is 0.0594 e. The zero-order valence-electron chi connectivity index (χ0n) is 13.9. The van der Waals surface area contributed by atoms with Crippen LogP contribution < -0.4 is 5.32 Å². The smallest absolute Gasteiger partial charge is 0.0594 e. The van der Waals surface area contributed by atoms with E-state index >= 15 is 0 Å². The molecule has 0 bridgehead atoms. The van der Waals surface area contributed by atoms with Crippen LogP contribution in [0.25, 0.3) is 0 Å². The summed E-state index contributed by atoms with van der Waals surface area (Å²) in [7, 11) is 0. The number of nitrogens with one attached hydrogen (secondary N) is 1. The first-order valence-electron chi connectivity index (χ1n) is 8.90. The highest BCUT2D eigenvalue weighted by atomic mass is 16.5. The molecule has 0 aromatic heterocycles. The summed E-state index contributed by atoms with van der Waals surface area (Å²) in [6, 6.07) is 0.731. The van der Waals surface area contributed by atoms with Crippen molar-refractivity contribution in [2.24, 2.45) is 11.3 Å². The van der Waals surface area contributed by atoms with Gasteiger partial charge in [0.2, 0.25) is 0 Å². The maximum absolute atomic E-state index is 5.94. The van der Waals surface area contributed by atoms with Crippen LogP contribution in [0.2, 0.25) is 0 Å². The predicted octanol–water partition coefficient (Wildman–Crippen LogP) is 4.53. The second kappa shape index (κ2) is 7.79. The van der Waals surface area contributed by atoms with Gasteiger partial charge in [-0.1, -0.05) is 40.0 Å².